The summed E-state index contributed by atoms with van der Waals surface area (Å²) in [6.07, 6.45) is 1.27. The van der Waals surface area contributed by atoms with E-state index in [1.165, 1.54) is 34.4 Å². The molecule has 8 nitrogen and oxygen atoms in total. The van der Waals surface area contributed by atoms with Crippen LogP contribution in [0.3, 0.4) is 0 Å². The number of carbonyl (C=O) groups excluding carboxylic acids is 3. The van der Waals surface area contributed by atoms with Gasteiger partial charge in [0, 0.05) is 17.8 Å². The number of rotatable bonds is 9. The lowest BCUT2D eigenvalue weighted by molar-refractivity contribution is -0.128. The summed E-state index contributed by atoms with van der Waals surface area (Å²) < 4.78 is 13.2. The molecular formula is C31H30FN5O3S. The number of anilines is 1. The second kappa shape index (κ2) is 12.5. The second-order valence-electron chi connectivity index (χ2n) is 9.72. The van der Waals surface area contributed by atoms with E-state index in [1.807, 2.05) is 55.5 Å². The molecule has 0 unspecified atom stereocenters. The maximum Gasteiger partial charge on any atom is 0.259 e. The molecule has 10 heteroatoms. The van der Waals surface area contributed by atoms with Crippen LogP contribution >= 0.6 is 11.8 Å². The van der Waals surface area contributed by atoms with E-state index < -0.39 is 11.3 Å². The fraction of sp³-hybridized carbons (Fsp3) is 0.258. The first-order valence-corrected chi connectivity index (χ1v) is 14.4. The van der Waals surface area contributed by atoms with Crippen LogP contribution in [0.2, 0.25) is 0 Å². The maximum atomic E-state index is 13.6. The van der Waals surface area contributed by atoms with Gasteiger partial charge in [-0.3, -0.25) is 19.4 Å². The topological polar surface area (TPSA) is 103 Å². The number of fused-ring (bicyclic) bond motifs is 3. The highest BCUT2D eigenvalue weighted by atomic mass is 32.2. The third kappa shape index (κ3) is 6.38. The van der Waals surface area contributed by atoms with Gasteiger partial charge in [-0.2, -0.15) is 0 Å². The second-order valence-corrected chi connectivity index (χ2v) is 10.9. The van der Waals surface area contributed by atoms with Crippen molar-refractivity contribution in [2.45, 2.75) is 50.9 Å². The fourth-order valence-electron chi connectivity index (χ4n) is 4.56. The molecule has 210 valence electrons. The van der Waals surface area contributed by atoms with Crippen molar-refractivity contribution < 1.29 is 18.8 Å². The molecular weight excluding hydrogens is 541 g/mol. The summed E-state index contributed by atoms with van der Waals surface area (Å²) in [7, 11) is 0. The minimum atomic E-state index is -0.929. The lowest BCUT2D eigenvalue weighted by Gasteiger charge is -2.27. The van der Waals surface area contributed by atoms with Crippen molar-refractivity contribution in [3.05, 3.63) is 95.3 Å². The minimum Gasteiger partial charge on any atom is -0.352 e. The Kier molecular flexibility index (Phi) is 8.58. The third-order valence-corrected chi connectivity index (χ3v) is 8.19. The van der Waals surface area contributed by atoms with Gasteiger partial charge in [0.15, 0.2) is 5.17 Å². The molecule has 41 heavy (non-hydrogen) atoms. The molecule has 0 aromatic heterocycles. The zero-order valence-electron chi connectivity index (χ0n) is 22.8. The third-order valence-electron chi connectivity index (χ3n) is 6.87. The summed E-state index contributed by atoms with van der Waals surface area (Å²) in [5.41, 5.74) is 3.95. The Labute approximate surface area is 242 Å². The van der Waals surface area contributed by atoms with Crippen molar-refractivity contribution in [2.75, 3.05) is 5.32 Å². The molecule has 0 fully saturated rings. The standard InChI is InChI=1S/C31H30FN5O3S/c1-3-19-11-15-22(16-12-19)34-29(39)26(4-2)41-31-36-24-8-6-5-7-23(24)28-35-25(30(40)37(28)31)17-27(38)33-18-20-9-13-21(32)14-10-20/h5-16,25-26H,3-4,17-18H2,1-2H3,(H,33,38)(H,34,39)/t25-,26-/m0/s1. The van der Waals surface area contributed by atoms with E-state index in [0.29, 0.717) is 34.4 Å². The first-order valence-electron chi connectivity index (χ1n) is 13.5. The van der Waals surface area contributed by atoms with Crippen molar-refractivity contribution >= 4 is 51.9 Å². The van der Waals surface area contributed by atoms with Gasteiger partial charge in [-0.25, -0.2) is 14.3 Å². The largest absolute Gasteiger partial charge is 0.352 e. The summed E-state index contributed by atoms with van der Waals surface area (Å²) in [6, 6.07) is 20.0. The van der Waals surface area contributed by atoms with Crippen LogP contribution in [0.1, 0.15) is 43.4 Å². The lowest BCUT2D eigenvalue weighted by atomic mass is 10.1. The van der Waals surface area contributed by atoms with Gasteiger partial charge >= 0.3 is 0 Å². The Morgan fingerprint density at radius 2 is 1.71 bits per heavy atom. The molecule has 5 rings (SSSR count). The number of carbonyl (C=O) groups is 3. The number of halogens is 1. The zero-order valence-corrected chi connectivity index (χ0v) is 23.6. The number of aliphatic imine (C=N–C) groups is 2. The van der Waals surface area contributed by atoms with Crippen molar-refractivity contribution in [3.8, 4) is 0 Å². The Morgan fingerprint density at radius 1 is 1.00 bits per heavy atom. The number of amidine groups is 2. The minimum absolute atomic E-state index is 0.147. The van der Waals surface area contributed by atoms with Crippen LogP contribution in [0.15, 0.2) is 82.8 Å². The molecule has 2 heterocycles. The van der Waals surface area contributed by atoms with Crippen molar-refractivity contribution in [3.63, 3.8) is 0 Å². The summed E-state index contributed by atoms with van der Waals surface area (Å²) in [5.74, 6) is -0.845. The number of hydrogen-bond acceptors (Lipinski definition) is 6. The van der Waals surface area contributed by atoms with E-state index in [1.54, 1.807) is 12.1 Å². The average Bonchev–Trinajstić information content (AvgIpc) is 3.31. The van der Waals surface area contributed by atoms with Gasteiger partial charge in [-0.15, -0.1) is 0 Å². The van der Waals surface area contributed by atoms with E-state index in [2.05, 4.69) is 22.5 Å². The van der Waals surface area contributed by atoms with E-state index in [4.69, 9.17) is 4.99 Å². The number of para-hydroxylation sites is 1. The Hall–Kier alpha value is -4.31. The van der Waals surface area contributed by atoms with Gasteiger partial charge in [-0.1, -0.05) is 62.0 Å². The van der Waals surface area contributed by atoms with E-state index in [9.17, 15) is 18.8 Å². The molecule has 2 N–H and O–H groups in total. The van der Waals surface area contributed by atoms with Crippen molar-refractivity contribution in [1.29, 1.82) is 0 Å². The Balaban J connectivity index is 1.31. The number of amides is 3. The van der Waals surface area contributed by atoms with Crippen LogP contribution in [0, 0.1) is 5.82 Å². The highest BCUT2D eigenvalue weighted by Crippen LogP contribution is 2.36. The van der Waals surface area contributed by atoms with Crippen molar-refractivity contribution in [2.24, 2.45) is 9.98 Å². The number of aryl methyl sites for hydroxylation is 1. The average molecular weight is 572 g/mol. The molecule has 2 aliphatic heterocycles. The number of benzene rings is 3. The molecule has 3 aromatic carbocycles. The van der Waals surface area contributed by atoms with Crippen LogP contribution in [-0.4, -0.2) is 44.9 Å². The van der Waals surface area contributed by atoms with Crippen LogP contribution in [0.4, 0.5) is 15.8 Å². The van der Waals surface area contributed by atoms with Crippen LogP contribution in [-0.2, 0) is 27.3 Å². The monoisotopic (exact) mass is 571 g/mol. The SMILES string of the molecule is CCc1ccc(NC(=O)[C@H](CC)SC2=Nc3ccccc3C3=N[C@@H](CC(=O)NCc4ccc(F)cc4)C(=O)N23)cc1. The number of nitrogens with one attached hydrogen (secondary N) is 2. The van der Waals surface area contributed by atoms with Crippen LogP contribution < -0.4 is 10.6 Å². The molecule has 0 aliphatic carbocycles. The number of nitrogens with zero attached hydrogens (tertiary/aromatic N) is 3. The van der Waals surface area contributed by atoms with Gasteiger partial charge in [-0.05, 0) is 60.4 Å². The van der Waals surface area contributed by atoms with E-state index in [0.717, 1.165) is 12.0 Å². The predicted octanol–water partition coefficient (Wildman–Crippen LogP) is 5.20. The lowest BCUT2D eigenvalue weighted by Crippen LogP contribution is -2.43. The van der Waals surface area contributed by atoms with E-state index >= 15 is 0 Å². The first-order chi connectivity index (χ1) is 19.9. The fourth-order valence-corrected chi connectivity index (χ4v) is 5.58. The quantitative estimate of drug-likeness (QED) is 0.368. The maximum absolute atomic E-state index is 13.6. The molecule has 2 atom stereocenters. The molecule has 0 saturated heterocycles. The summed E-state index contributed by atoms with van der Waals surface area (Å²) >= 11 is 1.21. The van der Waals surface area contributed by atoms with Gasteiger partial charge < -0.3 is 10.6 Å². The Morgan fingerprint density at radius 3 is 2.41 bits per heavy atom. The first kappa shape index (κ1) is 28.2. The van der Waals surface area contributed by atoms with Crippen molar-refractivity contribution in [1.82, 2.24) is 10.2 Å². The molecule has 0 saturated carbocycles. The summed E-state index contributed by atoms with van der Waals surface area (Å²) in [4.78, 5) is 50.3. The van der Waals surface area contributed by atoms with Gasteiger partial charge in [0.05, 0.1) is 17.4 Å². The molecule has 0 bridgehead atoms. The molecule has 0 spiro atoms. The number of hydrogen-bond donors (Lipinski definition) is 2. The molecule has 3 amide bonds. The summed E-state index contributed by atoms with van der Waals surface area (Å²) in [5, 5.41) is 5.58. The van der Waals surface area contributed by atoms with Crippen LogP contribution in [0.25, 0.3) is 0 Å². The summed E-state index contributed by atoms with van der Waals surface area (Å²) in [6.45, 7) is 4.19. The van der Waals surface area contributed by atoms with Crippen LogP contribution in [0.5, 0.6) is 0 Å². The normalized spacial score (nSPS) is 16.3. The highest BCUT2D eigenvalue weighted by Gasteiger charge is 2.43. The number of thioether (sulfide) groups is 1. The van der Waals surface area contributed by atoms with E-state index in [-0.39, 0.29) is 36.5 Å². The predicted molar refractivity (Wildman–Crippen MR) is 160 cm³/mol. The smallest absolute Gasteiger partial charge is 0.259 e. The Bertz CT molecular complexity index is 1520. The highest BCUT2D eigenvalue weighted by molar-refractivity contribution is 8.15. The molecule has 3 aromatic rings. The van der Waals surface area contributed by atoms with Gasteiger partial charge in [0.2, 0.25) is 11.8 Å². The zero-order chi connectivity index (χ0) is 28.9. The van der Waals surface area contributed by atoms with Gasteiger partial charge in [0.25, 0.3) is 5.91 Å². The molecule has 2 aliphatic rings. The van der Waals surface area contributed by atoms with Gasteiger partial charge in [0.1, 0.15) is 17.7 Å². The molecule has 0 radical (unpaired) electrons.